The molecular weight excluding hydrogens is 350 g/mol. The molecule has 138 valence electrons. The van der Waals surface area contributed by atoms with E-state index in [9.17, 15) is 4.79 Å². The summed E-state index contributed by atoms with van der Waals surface area (Å²) in [6, 6.07) is 15.1. The molecule has 0 bridgehead atoms. The summed E-state index contributed by atoms with van der Waals surface area (Å²) in [6.07, 6.45) is 1.49. The van der Waals surface area contributed by atoms with Crippen LogP contribution in [0.4, 0.5) is 11.4 Å². The lowest BCUT2D eigenvalue weighted by Gasteiger charge is -2.34. The van der Waals surface area contributed by atoms with Gasteiger partial charge < -0.3 is 4.90 Å². The Morgan fingerprint density at radius 3 is 2.63 bits per heavy atom. The third-order valence-electron chi connectivity index (χ3n) is 5.74. The first-order valence-corrected chi connectivity index (χ1v) is 10.4. The highest BCUT2D eigenvalue weighted by atomic mass is 32.2. The number of para-hydroxylation sites is 1. The van der Waals surface area contributed by atoms with E-state index in [1.54, 1.807) is 0 Å². The molecule has 2 aromatic rings. The van der Waals surface area contributed by atoms with Crippen LogP contribution in [-0.2, 0) is 4.79 Å². The topological polar surface area (TPSA) is 20.3 Å². The number of hydrogen-bond donors (Lipinski definition) is 0. The number of ketones is 1. The highest BCUT2D eigenvalue weighted by Crippen LogP contribution is 2.52. The number of hydrogen-bond acceptors (Lipinski definition) is 3. The molecule has 1 aliphatic heterocycles. The number of carbonyl (C=O) groups is 1. The van der Waals surface area contributed by atoms with Crippen molar-refractivity contribution in [1.29, 1.82) is 0 Å². The molecule has 2 aliphatic rings. The van der Waals surface area contributed by atoms with E-state index in [4.69, 9.17) is 0 Å². The van der Waals surface area contributed by atoms with Crippen LogP contribution in [-0.4, -0.2) is 12.3 Å². The SMILES string of the molecule is C=C(C)C1CC(=O)C(C)=C(c2cccc3c2Sc2ccccc2N3CC)C1. The Kier molecular flexibility index (Phi) is 4.73. The van der Waals surface area contributed by atoms with Crippen molar-refractivity contribution in [3.05, 3.63) is 65.8 Å². The molecule has 1 aliphatic carbocycles. The number of allylic oxidation sites excluding steroid dienone is 3. The number of rotatable bonds is 3. The maximum Gasteiger partial charge on any atom is 0.159 e. The van der Waals surface area contributed by atoms with Crippen LogP contribution in [0.15, 0.2) is 70.0 Å². The average Bonchev–Trinajstić information content (AvgIpc) is 2.67. The van der Waals surface area contributed by atoms with Gasteiger partial charge in [0.25, 0.3) is 0 Å². The summed E-state index contributed by atoms with van der Waals surface area (Å²) in [5, 5.41) is 0. The molecule has 0 saturated heterocycles. The zero-order valence-electron chi connectivity index (χ0n) is 16.2. The van der Waals surface area contributed by atoms with E-state index in [2.05, 4.69) is 60.9 Å². The molecule has 0 saturated carbocycles. The molecule has 4 rings (SSSR count). The number of anilines is 2. The molecule has 0 amide bonds. The van der Waals surface area contributed by atoms with Crippen molar-refractivity contribution in [2.75, 3.05) is 11.4 Å². The first kappa shape index (κ1) is 18.1. The van der Waals surface area contributed by atoms with Crippen molar-refractivity contribution in [2.24, 2.45) is 5.92 Å². The normalized spacial score (nSPS) is 19.0. The smallest absolute Gasteiger partial charge is 0.159 e. The van der Waals surface area contributed by atoms with Crippen LogP contribution in [0.5, 0.6) is 0 Å². The van der Waals surface area contributed by atoms with Crippen LogP contribution in [0.1, 0.15) is 39.2 Å². The molecule has 0 N–H and O–H groups in total. The predicted molar refractivity (Wildman–Crippen MR) is 115 cm³/mol. The number of nitrogens with zero attached hydrogens (tertiary/aromatic N) is 1. The molecule has 0 spiro atoms. The Labute approximate surface area is 166 Å². The number of benzene rings is 2. The van der Waals surface area contributed by atoms with E-state index >= 15 is 0 Å². The van der Waals surface area contributed by atoms with Crippen molar-refractivity contribution in [3.8, 4) is 0 Å². The van der Waals surface area contributed by atoms with Crippen molar-refractivity contribution < 1.29 is 4.79 Å². The van der Waals surface area contributed by atoms with Crippen molar-refractivity contribution in [2.45, 2.75) is 43.4 Å². The second-order valence-electron chi connectivity index (χ2n) is 7.45. The van der Waals surface area contributed by atoms with Gasteiger partial charge in [-0.2, -0.15) is 0 Å². The van der Waals surface area contributed by atoms with E-state index in [1.807, 2.05) is 25.6 Å². The van der Waals surface area contributed by atoms with Gasteiger partial charge in [0.2, 0.25) is 0 Å². The van der Waals surface area contributed by atoms with Crippen molar-refractivity contribution in [1.82, 2.24) is 0 Å². The number of carbonyl (C=O) groups excluding carboxylic acids is 1. The first-order chi connectivity index (χ1) is 13.0. The zero-order chi connectivity index (χ0) is 19.1. The van der Waals surface area contributed by atoms with Gasteiger partial charge in [0.1, 0.15) is 0 Å². The van der Waals surface area contributed by atoms with Crippen LogP contribution < -0.4 is 4.90 Å². The van der Waals surface area contributed by atoms with Crippen LogP contribution >= 0.6 is 11.8 Å². The predicted octanol–water partition coefficient (Wildman–Crippen LogP) is 6.64. The molecule has 0 fully saturated rings. The van der Waals surface area contributed by atoms with Crippen LogP contribution in [0, 0.1) is 5.92 Å². The maximum absolute atomic E-state index is 12.7. The summed E-state index contributed by atoms with van der Waals surface area (Å²) in [6.45, 7) is 11.3. The van der Waals surface area contributed by atoms with Gasteiger partial charge >= 0.3 is 0 Å². The van der Waals surface area contributed by atoms with Crippen LogP contribution in [0.2, 0.25) is 0 Å². The third-order valence-corrected chi connectivity index (χ3v) is 6.94. The van der Waals surface area contributed by atoms with E-state index in [-0.39, 0.29) is 11.7 Å². The Morgan fingerprint density at radius 2 is 1.89 bits per heavy atom. The quantitative estimate of drug-likeness (QED) is 0.561. The lowest BCUT2D eigenvalue weighted by molar-refractivity contribution is -0.116. The fourth-order valence-electron chi connectivity index (χ4n) is 4.11. The Morgan fingerprint density at radius 1 is 1.15 bits per heavy atom. The van der Waals surface area contributed by atoms with Crippen LogP contribution in [0.25, 0.3) is 5.57 Å². The summed E-state index contributed by atoms with van der Waals surface area (Å²) in [4.78, 5) is 17.6. The Hall–Kier alpha value is -2.26. The monoisotopic (exact) mass is 375 g/mol. The highest BCUT2D eigenvalue weighted by Gasteiger charge is 2.30. The first-order valence-electron chi connectivity index (χ1n) is 9.57. The third kappa shape index (κ3) is 3.04. The van der Waals surface area contributed by atoms with Gasteiger partial charge in [-0.05, 0) is 68.0 Å². The number of Topliss-reactive ketones (excluding diaryl/α,β-unsaturated/α-hetero) is 1. The summed E-state index contributed by atoms with van der Waals surface area (Å²) in [5.74, 6) is 0.505. The van der Waals surface area contributed by atoms with Gasteiger partial charge in [-0.25, -0.2) is 0 Å². The lowest BCUT2D eigenvalue weighted by Crippen LogP contribution is -2.22. The van der Waals surface area contributed by atoms with E-state index in [0.29, 0.717) is 6.42 Å². The average molecular weight is 376 g/mol. The molecule has 2 nitrogen and oxygen atoms in total. The molecular formula is C24H25NOS. The summed E-state index contributed by atoms with van der Waals surface area (Å²) in [7, 11) is 0. The lowest BCUT2D eigenvalue weighted by atomic mass is 9.78. The van der Waals surface area contributed by atoms with Gasteiger partial charge in [-0.15, -0.1) is 0 Å². The van der Waals surface area contributed by atoms with Gasteiger partial charge in [0, 0.05) is 22.8 Å². The van der Waals surface area contributed by atoms with E-state index < -0.39 is 0 Å². The standard InChI is InChI=1S/C24H25NOS/c1-5-25-20-10-6-7-12-23(20)27-24-18(9-8-11-21(24)25)19-13-17(15(2)3)14-22(26)16(19)4/h6-12,17H,2,5,13-14H2,1,3-4H3. The minimum absolute atomic E-state index is 0.246. The fraction of sp³-hybridized carbons (Fsp3) is 0.292. The molecule has 3 heteroatoms. The highest BCUT2D eigenvalue weighted by molar-refractivity contribution is 7.99. The van der Waals surface area contributed by atoms with Crippen LogP contribution in [0.3, 0.4) is 0 Å². The second-order valence-corrected chi connectivity index (χ2v) is 8.50. The molecule has 1 unspecified atom stereocenters. The molecule has 27 heavy (non-hydrogen) atoms. The van der Waals surface area contributed by atoms with E-state index in [0.717, 1.165) is 24.1 Å². The van der Waals surface area contributed by atoms with Crippen molar-refractivity contribution in [3.63, 3.8) is 0 Å². The van der Waals surface area contributed by atoms with Gasteiger partial charge in [-0.3, -0.25) is 4.79 Å². The van der Waals surface area contributed by atoms with Gasteiger partial charge in [0.05, 0.1) is 11.4 Å². The summed E-state index contributed by atoms with van der Waals surface area (Å²) < 4.78 is 0. The van der Waals surface area contributed by atoms with Gasteiger partial charge in [-0.1, -0.05) is 48.2 Å². The minimum Gasteiger partial charge on any atom is -0.340 e. The Balaban J connectivity index is 1.87. The maximum atomic E-state index is 12.7. The van der Waals surface area contributed by atoms with E-state index in [1.165, 1.54) is 32.3 Å². The molecule has 1 heterocycles. The van der Waals surface area contributed by atoms with Crippen molar-refractivity contribution >= 4 is 34.5 Å². The summed E-state index contributed by atoms with van der Waals surface area (Å²) in [5.41, 5.74) is 6.93. The molecule has 0 aromatic heterocycles. The number of fused-ring (bicyclic) bond motifs is 2. The second kappa shape index (κ2) is 7.05. The molecule has 2 aromatic carbocycles. The molecule has 1 atom stereocenters. The fourth-order valence-corrected chi connectivity index (χ4v) is 5.34. The minimum atomic E-state index is 0.246. The Bertz CT molecular complexity index is 972. The zero-order valence-corrected chi connectivity index (χ0v) is 17.0. The molecule has 0 radical (unpaired) electrons. The van der Waals surface area contributed by atoms with Gasteiger partial charge in [0.15, 0.2) is 5.78 Å². The summed E-state index contributed by atoms with van der Waals surface area (Å²) >= 11 is 1.83. The largest absolute Gasteiger partial charge is 0.340 e.